The number of esters is 2. The first-order valence-corrected chi connectivity index (χ1v) is 18.9. The van der Waals surface area contributed by atoms with Gasteiger partial charge in [0.15, 0.2) is 11.1 Å². The van der Waals surface area contributed by atoms with E-state index in [1.165, 1.54) is 0 Å². The van der Waals surface area contributed by atoms with Crippen LogP contribution in [0.5, 0.6) is 0 Å². The zero-order valence-electron chi connectivity index (χ0n) is 34.7. The largest absolute Gasteiger partial charge is 0.458 e. The van der Waals surface area contributed by atoms with Crippen molar-refractivity contribution in [3.8, 4) is 0 Å². The quantitative estimate of drug-likeness (QED) is 0.181. The van der Waals surface area contributed by atoms with E-state index < -0.39 is 69.8 Å². The Labute approximate surface area is 330 Å². The Kier molecular flexibility index (Phi) is 13.9. The lowest BCUT2D eigenvalue weighted by Gasteiger charge is -2.36. The molecule has 2 N–H and O–H groups in total. The topological polar surface area (TPSA) is 166 Å². The molecule has 56 heavy (non-hydrogen) atoms. The maximum atomic E-state index is 14.1. The van der Waals surface area contributed by atoms with Crippen molar-refractivity contribution >= 4 is 24.1 Å². The zero-order valence-corrected chi connectivity index (χ0v) is 34.7. The van der Waals surface area contributed by atoms with E-state index in [9.17, 15) is 19.2 Å². The number of ether oxygens (including phenoxy) is 8. The molecular weight excluding hydrogens is 724 g/mol. The van der Waals surface area contributed by atoms with Crippen molar-refractivity contribution in [1.29, 1.82) is 0 Å². The molecule has 0 spiro atoms. The number of alkyl carbamates (subject to hydrolysis) is 2. The summed E-state index contributed by atoms with van der Waals surface area (Å²) in [5.74, 6) is -1.40. The summed E-state index contributed by atoms with van der Waals surface area (Å²) in [6.07, 6.45) is -2.98. The third-order valence-corrected chi connectivity index (χ3v) is 8.64. The van der Waals surface area contributed by atoms with Gasteiger partial charge >= 0.3 is 24.1 Å². The highest BCUT2D eigenvalue weighted by molar-refractivity contribution is 5.88. The van der Waals surface area contributed by atoms with Gasteiger partial charge in [-0.25, -0.2) is 19.2 Å². The van der Waals surface area contributed by atoms with Crippen LogP contribution in [-0.4, -0.2) is 96.2 Å². The molecule has 0 aliphatic carbocycles. The summed E-state index contributed by atoms with van der Waals surface area (Å²) in [6.45, 7) is 19.2. The predicted octanol–water partition coefficient (Wildman–Crippen LogP) is 5.95. The van der Waals surface area contributed by atoms with Crippen LogP contribution < -0.4 is 10.6 Å². The normalized spacial score (nSPS) is 22.9. The van der Waals surface area contributed by atoms with Gasteiger partial charge in [-0.05, 0) is 92.9 Å². The predicted molar refractivity (Wildman–Crippen MR) is 206 cm³/mol. The van der Waals surface area contributed by atoms with E-state index in [1.54, 1.807) is 76.2 Å². The summed E-state index contributed by atoms with van der Waals surface area (Å²) in [7, 11) is 0. The van der Waals surface area contributed by atoms with Gasteiger partial charge < -0.3 is 48.5 Å². The van der Waals surface area contributed by atoms with E-state index in [-0.39, 0.29) is 39.6 Å². The molecule has 2 aliphatic heterocycles. The third-order valence-electron chi connectivity index (χ3n) is 8.64. The summed E-state index contributed by atoms with van der Waals surface area (Å²) >= 11 is 0. The number of hydrogen-bond donors (Lipinski definition) is 2. The monoisotopic (exact) mass is 784 g/mol. The maximum Gasteiger partial charge on any atom is 0.408 e. The lowest BCUT2D eigenvalue weighted by atomic mass is 9.93. The molecule has 2 fully saturated rings. The Balaban J connectivity index is 1.44. The first kappa shape index (κ1) is 44.5. The third kappa shape index (κ3) is 12.6. The number of amides is 2. The summed E-state index contributed by atoms with van der Waals surface area (Å²) in [6, 6.07) is 17.0. The Morgan fingerprint density at radius 3 is 1.39 bits per heavy atom. The van der Waals surface area contributed by atoms with Crippen LogP contribution in [0, 0.1) is 0 Å². The average Bonchev–Trinajstić information content (AvgIpc) is 3.65. The molecule has 4 atom stereocenters. The number of hydrogen-bond acceptors (Lipinski definition) is 12. The number of carbonyl (C=O) groups excluding carboxylic acids is 4. The van der Waals surface area contributed by atoms with E-state index in [0.717, 1.165) is 16.7 Å². The first-order valence-electron chi connectivity index (χ1n) is 18.9. The molecule has 2 aromatic rings. The molecule has 0 bridgehead atoms. The van der Waals surface area contributed by atoms with E-state index in [4.69, 9.17) is 37.9 Å². The van der Waals surface area contributed by atoms with Crippen LogP contribution in [0.2, 0.25) is 0 Å². The van der Waals surface area contributed by atoms with Crippen LogP contribution in [0.1, 0.15) is 92.9 Å². The molecule has 2 aliphatic rings. The van der Waals surface area contributed by atoms with Crippen LogP contribution in [0.3, 0.4) is 0 Å². The van der Waals surface area contributed by atoms with Gasteiger partial charge in [-0.1, -0.05) is 54.6 Å². The van der Waals surface area contributed by atoms with Crippen LogP contribution in [0.25, 0.3) is 0 Å². The molecular formula is C42H60N2O12. The molecule has 14 nitrogen and oxygen atoms in total. The van der Waals surface area contributed by atoms with E-state index in [2.05, 4.69) is 10.6 Å². The summed E-state index contributed by atoms with van der Waals surface area (Å²) in [5.41, 5.74) is -4.21. The first-order chi connectivity index (χ1) is 25.9. The van der Waals surface area contributed by atoms with Crippen molar-refractivity contribution in [2.45, 2.75) is 141 Å². The van der Waals surface area contributed by atoms with E-state index in [0.29, 0.717) is 6.42 Å². The van der Waals surface area contributed by atoms with E-state index >= 15 is 0 Å². The number of carbonyl (C=O) groups is 4. The zero-order chi connectivity index (χ0) is 41.6. The molecule has 0 aromatic heterocycles. The molecule has 310 valence electrons. The highest BCUT2D eigenvalue weighted by Gasteiger charge is 2.57. The Hall–Kier alpha value is -4.24. The van der Waals surface area contributed by atoms with Gasteiger partial charge in [0.2, 0.25) is 0 Å². The number of benzene rings is 2. The lowest BCUT2D eigenvalue weighted by molar-refractivity contribution is -0.170. The fourth-order valence-corrected chi connectivity index (χ4v) is 6.15. The molecule has 4 unspecified atom stereocenters. The van der Waals surface area contributed by atoms with Crippen molar-refractivity contribution in [2.75, 3.05) is 26.4 Å². The minimum Gasteiger partial charge on any atom is -0.458 e. The molecule has 0 saturated carbocycles. The van der Waals surface area contributed by atoms with Gasteiger partial charge in [0.05, 0.1) is 39.6 Å². The molecule has 4 rings (SSSR count). The average molecular weight is 785 g/mol. The Morgan fingerprint density at radius 2 is 0.964 bits per heavy atom. The minimum absolute atomic E-state index is 0.0418. The second kappa shape index (κ2) is 17.5. The van der Waals surface area contributed by atoms with Crippen LogP contribution in [0.4, 0.5) is 9.59 Å². The maximum absolute atomic E-state index is 14.1. The van der Waals surface area contributed by atoms with Gasteiger partial charge in [0, 0.05) is 6.42 Å². The van der Waals surface area contributed by atoms with Crippen molar-refractivity contribution in [2.24, 2.45) is 0 Å². The van der Waals surface area contributed by atoms with Gasteiger partial charge in [-0.15, -0.1) is 0 Å². The Morgan fingerprint density at radius 1 is 0.571 bits per heavy atom. The van der Waals surface area contributed by atoms with Gasteiger partial charge in [-0.3, -0.25) is 0 Å². The van der Waals surface area contributed by atoms with Crippen LogP contribution >= 0.6 is 0 Å². The van der Waals surface area contributed by atoms with E-state index in [1.807, 2.05) is 54.6 Å². The molecule has 2 saturated heterocycles. The fraction of sp³-hybridized carbons (Fsp3) is 0.619. The second-order valence-corrected chi connectivity index (χ2v) is 18.0. The highest BCUT2D eigenvalue weighted by atomic mass is 16.6. The van der Waals surface area contributed by atoms with Crippen LogP contribution in [0.15, 0.2) is 54.6 Å². The summed E-state index contributed by atoms with van der Waals surface area (Å²) in [4.78, 5) is 53.6. The van der Waals surface area contributed by atoms with Crippen molar-refractivity contribution in [1.82, 2.24) is 10.6 Å². The summed E-state index contributed by atoms with van der Waals surface area (Å²) in [5, 5.41) is 5.44. The van der Waals surface area contributed by atoms with Crippen molar-refractivity contribution < 1.29 is 57.1 Å². The summed E-state index contributed by atoms with van der Waals surface area (Å²) < 4.78 is 46.6. The van der Waals surface area contributed by atoms with Crippen LogP contribution in [-0.2, 0) is 67.1 Å². The molecule has 2 amide bonds. The molecule has 2 heterocycles. The minimum atomic E-state index is -1.66. The Bertz CT molecular complexity index is 1660. The SMILES string of the molecule is CC(C)(C)OC(=O)NC1(C(=O)OC(C)(C)C)COCC1OCc1ccc(CC(C)(C)OC(=O)C2(NC(=O)OC(C)(C)C)COCC2OCc2ccccc2)cc1. The number of nitrogens with one attached hydrogen (secondary N) is 2. The van der Waals surface area contributed by atoms with Crippen molar-refractivity contribution in [3.63, 3.8) is 0 Å². The van der Waals surface area contributed by atoms with Gasteiger partial charge in [0.25, 0.3) is 0 Å². The van der Waals surface area contributed by atoms with Crippen molar-refractivity contribution in [3.05, 3.63) is 71.3 Å². The smallest absolute Gasteiger partial charge is 0.408 e. The van der Waals surface area contributed by atoms with Gasteiger partial charge in [0.1, 0.15) is 34.6 Å². The number of rotatable bonds is 13. The fourth-order valence-electron chi connectivity index (χ4n) is 6.15. The molecule has 2 aromatic carbocycles. The molecule has 0 radical (unpaired) electrons. The van der Waals surface area contributed by atoms with Gasteiger partial charge in [-0.2, -0.15) is 0 Å². The standard InChI is InChI=1S/C42H60N2O12/c1-37(2,3)53-33(45)41(43-35(47)55-38(4,5)6)26-49-24-31(41)52-23-30-19-17-28(18-20-30)21-40(10,11)54-34(46)42(44-36(48)56-39(7,8)9)27-50-25-32(42)51-22-29-15-13-12-14-16-29/h12-20,31-32H,21-27H2,1-11H3,(H,43,47)(H,44,48). The lowest BCUT2D eigenvalue weighted by Crippen LogP contribution is -2.64. The molecule has 14 heteroatoms. The highest BCUT2D eigenvalue weighted by Crippen LogP contribution is 2.31. The second-order valence-electron chi connectivity index (χ2n) is 18.0.